The molecule has 0 aliphatic heterocycles. The van der Waals surface area contributed by atoms with Crippen LogP contribution < -0.4 is 11.2 Å². The van der Waals surface area contributed by atoms with Crippen molar-refractivity contribution in [1.82, 2.24) is 13.7 Å². The Morgan fingerprint density at radius 3 is 2.35 bits per heavy atom. The van der Waals surface area contributed by atoms with Gasteiger partial charge in [-0.1, -0.05) is 39.7 Å². The Balaban J connectivity index is 2.48. The van der Waals surface area contributed by atoms with Crippen molar-refractivity contribution in [3.05, 3.63) is 56.3 Å². The van der Waals surface area contributed by atoms with Crippen molar-refractivity contribution in [2.75, 3.05) is 5.33 Å². The van der Waals surface area contributed by atoms with Crippen LogP contribution >= 0.6 is 27.5 Å². The zero-order valence-corrected chi connectivity index (χ0v) is 15.1. The molecule has 0 aliphatic carbocycles. The zero-order valence-electron chi connectivity index (χ0n) is 12.7. The van der Waals surface area contributed by atoms with Crippen LogP contribution in [0.1, 0.15) is 0 Å². The van der Waals surface area contributed by atoms with Gasteiger partial charge in [0.2, 0.25) is 0 Å². The molecule has 0 atom stereocenters. The van der Waals surface area contributed by atoms with E-state index in [0.717, 1.165) is 21.2 Å². The topological polar surface area (TPSA) is 48.9 Å². The highest BCUT2D eigenvalue weighted by molar-refractivity contribution is 9.09. The molecular formula is C16H15BrClN3O2. The Morgan fingerprint density at radius 2 is 1.74 bits per heavy atom. The number of rotatable bonds is 3. The van der Waals surface area contributed by atoms with E-state index in [1.165, 1.54) is 11.6 Å². The van der Waals surface area contributed by atoms with E-state index in [2.05, 4.69) is 15.9 Å². The molecule has 0 radical (unpaired) electrons. The lowest BCUT2D eigenvalue weighted by Crippen LogP contribution is -2.36. The number of halogens is 2. The summed E-state index contributed by atoms with van der Waals surface area (Å²) >= 11 is 9.40. The fraction of sp³-hybridized carbons (Fsp3) is 0.250. The molecule has 5 nitrogen and oxygen atoms in total. The molecule has 2 aromatic heterocycles. The van der Waals surface area contributed by atoms with Gasteiger partial charge in [-0.05, 0) is 17.7 Å². The molecule has 0 N–H and O–H groups in total. The fourth-order valence-corrected chi connectivity index (χ4v) is 3.28. The second-order valence-corrected chi connectivity index (χ2v) is 6.56. The quantitative estimate of drug-likeness (QED) is 0.639. The van der Waals surface area contributed by atoms with Crippen LogP contribution in [0.5, 0.6) is 0 Å². The molecule has 0 amide bonds. The Kier molecular flexibility index (Phi) is 4.21. The molecule has 3 aromatic rings. The van der Waals surface area contributed by atoms with Gasteiger partial charge in [0.1, 0.15) is 0 Å². The minimum atomic E-state index is -0.332. The monoisotopic (exact) mass is 395 g/mol. The maximum Gasteiger partial charge on any atom is 0.330 e. The van der Waals surface area contributed by atoms with Gasteiger partial charge in [-0.15, -0.1) is 0 Å². The van der Waals surface area contributed by atoms with Crippen LogP contribution in [-0.2, 0) is 20.6 Å². The Hall–Kier alpha value is -1.79. The van der Waals surface area contributed by atoms with Crippen molar-refractivity contribution >= 4 is 38.4 Å². The number of fused-ring (bicyclic) bond motifs is 1. The summed E-state index contributed by atoms with van der Waals surface area (Å²) in [5.41, 5.74) is 1.69. The number of alkyl halides is 1. The lowest BCUT2D eigenvalue weighted by Gasteiger charge is -2.08. The highest BCUT2D eigenvalue weighted by atomic mass is 79.9. The van der Waals surface area contributed by atoms with E-state index in [-0.39, 0.29) is 11.2 Å². The van der Waals surface area contributed by atoms with E-state index in [1.54, 1.807) is 19.2 Å². The van der Waals surface area contributed by atoms with Crippen molar-refractivity contribution in [2.45, 2.75) is 6.54 Å². The molecule has 0 fully saturated rings. The van der Waals surface area contributed by atoms with Crippen LogP contribution in [0.2, 0.25) is 5.02 Å². The lowest BCUT2D eigenvalue weighted by atomic mass is 10.1. The second kappa shape index (κ2) is 6.02. The molecule has 0 saturated carbocycles. The van der Waals surface area contributed by atoms with Crippen LogP contribution in [0.25, 0.3) is 22.2 Å². The summed E-state index contributed by atoms with van der Waals surface area (Å²) in [6.45, 7) is 0.685. The summed E-state index contributed by atoms with van der Waals surface area (Å²) in [5, 5.41) is 1.91. The highest BCUT2D eigenvalue weighted by Gasteiger charge is 2.18. The fourth-order valence-electron chi connectivity index (χ4n) is 2.77. The van der Waals surface area contributed by atoms with E-state index in [4.69, 9.17) is 11.6 Å². The summed E-state index contributed by atoms with van der Waals surface area (Å²) < 4.78 is 4.63. The van der Waals surface area contributed by atoms with Gasteiger partial charge in [-0.2, -0.15) is 0 Å². The molecule has 0 unspecified atom stereocenters. The summed E-state index contributed by atoms with van der Waals surface area (Å²) in [6, 6.07) is 7.35. The first-order valence-corrected chi connectivity index (χ1v) is 8.56. The first-order chi connectivity index (χ1) is 11.0. The van der Waals surface area contributed by atoms with Gasteiger partial charge in [0.15, 0.2) is 0 Å². The maximum atomic E-state index is 12.7. The van der Waals surface area contributed by atoms with Crippen molar-refractivity contribution in [3.63, 3.8) is 0 Å². The number of hydrogen-bond acceptors (Lipinski definition) is 2. The zero-order chi connectivity index (χ0) is 16.7. The van der Waals surface area contributed by atoms with Gasteiger partial charge in [-0.3, -0.25) is 13.9 Å². The third-order valence-corrected chi connectivity index (χ3v) is 4.56. The van der Waals surface area contributed by atoms with Gasteiger partial charge in [0, 0.05) is 37.2 Å². The molecule has 0 bridgehead atoms. The molecule has 2 heterocycles. The highest BCUT2D eigenvalue weighted by Crippen LogP contribution is 2.29. The largest absolute Gasteiger partial charge is 0.344 e. The molecule has 1 aromatic carbocycles. The van der Waals surface area contributed by atoms with Crippen molar-refractivity contribution in [1.29, 1.82) is 0 Å². The third-order valence-electron chi connectivity index (χ3n) is 3.96. The number of aromatic nitrogens is 3. The smallest absolute Gasteiger partial charge is 0.330 e. The summed E-state index contributed by atoms with van der Waals surface area (Å²) in [6.07, 6.45) is 1.85. The van der Waals surface area contributed by atoms with Crippen LogP contribution in [0.15, 0.2) is 40.1 Å². The van der Waals surface area contributed by atoms with Crippen LogP contribution in [0.4, 0.5) is 0 Å². The second-order valence-electron chi connectivity index (χ2n) is 5.33. The summed E-state index contributed by atoms with van der Waals surface area (Å²) in [5.74, 6) is 0. The van der Waals surface area contributed by atoms with E-state index < -0.39 is 0 Å². The Morgan fingerprint density at radius 1 is 1.09 bits per heavy atom. The van der Waals surface area contributed by atoms with Gasteiger partial charge in [-0.25, -0.2) is 4.79 Å². The average Bonchev–Trinajstić information content (AvgIpc) is 2.91. The predicted octanol–water partition coefficient (Wildman–Crippen LogP) is 2.75. The Labute approximate surface area is 145 Å². The number of aryl methyl sites for hydroxylation is 2. The molecule has 3 rings (SSSR count). The van der Waals surface area contributed by atoms with Crippen LogP contribution in [-0.4, -0.2) is 19.0 Å². The maximum absolute atomic E-state index is 12.7. The molecule has 120 valence electrons. The lowest BCUT2D eigenvalue weighted by molar-refractivity contribution is 0.714. The normalized spacial score (nSPS) is 11.3. The van der Waals surface area contributed by atoms with Crippen molar-refractivity contribution < 1.29 is 0 Å². The van der Waals surface area contributed by atoms with Crippen molar-refractivity contribution in [3.8, 4) is 11.3 Å². The first-order valence-electron chi connectivity index (χ1n) is 7.06. The first kappa shape index (κ1) is 16.1. The average molecular weight is 397 g/mol. The van der Waals surface area contributed by atoms with Crippen molar-refractivity contribution in [2.24, 2.45) is 14.1 Å². The van der Waals surface area contributed by atoms with E-state index >= 15 is 0 Å². The molecule has 23 heavy (non-hydrogen) atoms. The standard InChI is InChI=1S/C16H15BrClN3O2/c1-19-12-9-21(8-7-17)14(10-3-5-11(18)6-4-10)13(12)15(22)20(2)16(19)23/h3-6,9H,7-8H2,1-2H3. The van der Waals surface area contributed by atoms with E-state index in [9.17, 15) is 9.59 Å². The minimum Gasteiger partial charge on any atom is -0.344 e. The molecular weight excluding hydrogens is 382 g/mol. The number of nitrogens with zero attached hydrogens (tertiary/aromatic N) is 3. The minimum absolute atomic E-state index is 0.290. The predicted molar refractivity (Wildman–Crippen MR) is 96.7 cm³/mol. The SMILES string of the molecule is Cn1c(=O)c2c(-c3ccc(Cl)cc3)n(CCBr)cc2n(C)c1=O. The third kappa shape index (κ3) is 2.56. The number of hydrogen-bond donors (Lipinski definition) is 0. The van der Waals surface area contributed by atoms with Crippen LogP contribution in [0, 0.1) is 0 Å². The summed E-state index contributed by atoms with van der Waals surface area (Å²) in [4.78, 5) is 24.8. The van der Waals surface area contributed by atoms with Gasteiger partial charge >= 0.3 is 5.69 Å². The van der Waals surface area contributed by atoms with Gasteiger partial charge in [0.05, 0.1) is 16.6 Å². The number of benzene rings is 1. The van der Waals surface area contributed by atoms with Gasteiger partial charge in [0.25, 0.3) is 5.56 Å². The molecule has 0 aliphatic rings. The molecule has 7 heteroatoms. The van der Waals surface area contributed by atoms with Gasteiger partial charge < -0.3 is 4.57 Å². The van der Waals surface area contributed by atoms with Crippen LogP contribution in [0.3, 0.4) is 0 Å². The Bertz CT molecular complexity index is 999. The molecule has 0 spiro atoms. The summed E-state index contributed by atoms with van der Waals surface area (Å²) in [7, 11) is 3.17. The molecule has 0 saturated heterocycles. The van der Waals surface area contributed by atoms with E-state index in [1.807, 2.05) is 22.9 Å². The van der Waals surface area contributed by atoms with E-state index in [0.29, 0.717) is 22.5 Å².